The molecule has 0 spiro atoms. The standard InChI is InChI=1S/C15H15ClN2O3S/c16-12-8-15(10-17-9-12)22(19,20)18-7-6-14(11-18)21-13-4-2-1-3-5-13/h1-5,8-10,14H,6-7,11H2. The summed E-state index contributed by atoms with van der Waals surface area (Å²) in [6.07, 6.45) is 3.23. The molecule has 1 aromatic heterocycles. The smallest absolute Gasteiger partial charge is 0.244 e. The summed E-state index contributed by atoms with van der Waals surface area (Å²) in [7, 11) is -3.58. The molecule has 3 rings (SSSR count). The summed E-state index contributed by atoms with van der Waals surface area (Å²) in [5.41, 5.74) is 0. The summed E-state index contributed by atoms with van der Waals surface area (Å²) in [5, 5.41) is 0.303. The fraction of sp³-hybridized carbons (Fsp3) is 0.267. The van der Waals surface area contributed by atoms with Crippen LogP contribution in [-0.2, 0) is 10.0 Å². The number of nitrogens with zero attached hydrogens (tertiary/aromatic N) is 2. The van der Waals surface area contributed by atoms with Crippen LogP contribution in [0.2, 0.25) is 5.02 Å². The maximum Gasteiger partial charge on any atom is 0.244 e. The molecule has 5 nitrogen and oxygen atoms in total. The number of hydrogen-bond donors (Lipinski definition) is 0. The van der Waals surface area contributed by atoms with Gasteiger partial charge < -0.3 is 4.74 Å². The molecule has 0 radical (unpaired) electrons. The SMILES string of the molecule is O=S(=O)(c1cncc(Cl)c1)N1CCC(Oc2ccccc2)C1. The van der Waals surface area contributed by atoms with E-state index in [0.717, 1.165) is 5.75 Å². The van der Waals surface area contributed by atoms with Crippen LogP contribution >= 0.6 is 11.6 Å². The maximum atomic E-state index is 12.6. The molecular formula is C15H15ClN2O3S. The van der Waals surface area contributed by atoms with Crippen molar-refractivity contribution in [2.24, 2.45) is 0 Å². The Morgan fingerprint density at radius 3 is 2.73 bits per heavy atom. The van der Waals surface area contributed by atoms with E-state index in [0.29, 0.717) is 24.5 Å². The molecule has 7 heteroatoms. The lowest BCUT2D eigenvalue weighted by atomic mass is 10.3. The summed E-state index contributed by atoms with van der Waals surface area (Å²) in [5.74, 6) is 0.746. The van der Waals surface area contributed by atoms with Crippen LogP contribution in [0.1, 0.15) is 6.42 Å². The van der Waals surface area contributed by atoms with Crippen molar-refractivity contribution in [1.29, 1.82) is 0 Å². The summed E-state index contributed by atoms with van der Waals surface area (Å²) in [4.78, 5) is 3.95. The number of rotatable bonds is 4. The Kier molecular flexibility index (Phi) is 4.33. The molecular weight excluding hydrogens is 324 g/mol. The molecule has 1 fully saturated rings. The first-order chi connectivity index (χ1) is 10.6. The molecule has 2 aromatic rings. The van der Waals surface area contributed by atoms with Gasteiger partial charge in [0.2, 0.25) is 10.0 Å². The van der Waals surface area contributed by atoms with Gasteiger partial charge in [-0.15, -0.1) is 0 Å². The average molecular weight is 339 g/mol. The van der Waals surface area contributed by atoms with Crippen LogP contribution < -0.4 is 4.74 Å². The van der Waals surface area contributed by atoms with Gasteiger partial charge in [0, 0.05) is 18.9 Å². The number of sulfonamides is 1. The van der Waals surface area contributed by atoms with Crippen LogP contribution in [0.4, 0.5) is 0 Å². The largest absolute Gasteiger partial charge is 0.489 e. The van der Waals surface area contributed by atoms with Crippen molar-refractivity contribution < 1.29 is 13.2 Å². The first-order valence-corrected chi connectivity index (χ1v) is 8.70. The number of benzene rings is 1. The van der Waals surface area contributed by atoms with Gasteiger partial charge in [0.25, 0.3) is 0 Å². The topological polar surface area (TPSA) is 59.5 Å². The third-order valence-corrected chi connectivity index (χ3v) is 5.51. The van der Waals surface area contributed by atoms with E-state index in [1.807, 2.05) is 30.3 Å². The summed E-state index contributed by atoms with van der Waals surface area (Å²) >= 11 is 5.82. The van der Waals surface area contributed by atoms with Crippen molar-refractivity contribution in [3.8, 4) is 5.75 Å². The zero-order valence-corrected chi connectivity index (χ0v) is 13.3. The second-order valence-corrected chi connectivity index (χ2v) is 7.42. The second kappa shape index (κ2) is 6.24. The molecule has 0 amide bonds. The summed E-state index contributed by atoms with van der Waals surface area (Å²) in [6, 6.07) is 10.8. The van der Waals surface area contributed by atoms with E-state index >= 15 is 0 Å². The first-order valence-electron chi connectivity index (χ1n) is 6.88. The van der Waals surface area contributed by atoms with Crippen molar-refractivity contribution in [3.63, 3.8) is 0 Å². The van der Waals surface area contributed by atoms with Crippen molar-refractivity contribution in [2.75, 3.05) is 13.1 Å². The zero-order valence-electron chi connectivity index (χ0n) is 11.7. The third-order valence-electron chi connectivity index (χ3n) is 3.47. The highest BCUT2D eigenvalue weighted by Crippen LogP contribution is 2.24. The van der Waals surface area contributed by atoms with Crippen LogP contribution in [0, 0.1) is 0 Å². The number of hydrogen-bond acceptors (Lipinski definition) is 4. The molecule has 1 saturated heterocycles. The van der Waals surface area contributed by atoms with E-state index in [-0.39, 0.29) is 11.0 Å². The van der Waals surface area contributed by atoms with Gasteiger partial charge >= 0.3 is 0 Å². The predicted molar refractivity (Wildman–Crippen MR) is 83.5 cm³/mol. The molecule has 0 aliphatic carbocycles. The molecule has 22 heavy (non-hydrogen) atoms. The van der Waals surface area contributed by atoms with Gasteiger partial charge in [-0.05, 0) is 24.6 Å². The predicted octanol–water partition coefficient (Wildman–Crippen LogP) is 2.58. The second-order valence-electron chi connectivity index (χ2n) is 5.04. The molecule has 1 aliphatic rings. The van der Waals surface area contributed by atoms with Gasteiger partial charge in [0.1, 0.15) is 16.7 Å². The van der Waals surface area contributed by atoms with Crippen LogP contribution in [-0.4, -0.2) is 36.9 Å². The lowest BCUT2D eigenvalue weighted by Gasteiger charge is -2.17. The van der Waals surface area contributed by atoms with Crippen LogP contribution in [0.5, 0.6) is 5.75 Å². The molecule has 1 unspecified atom stereocenters. The first kappa shape index (κ1) is 15.3. The maximum absolute atomic E-state index is 12.6. The Morgan fingerprint density at radius 1 is 1.23 bits per heavy atom. The molecule has 0 saturated carbocycles. The minimum Gasteiger partial charge on any atom is -0.489 e. The molecule has 0 bridgehead atoms. The number of para-hydroxylation sites is 1. The molecule has 0 N–H and O–H groups in total. The van der Waals surface area contributed by atoms with Crippen molar-refractivity contribution >= 4 is 21.6 Å². The van der Waals surface area contributed by atoms with E-state index in [9.17, 15) is 8.42 Å². The summed E-state index contributed by atoms with van der Waals surface area (Å²) in [6.45, 7) is 0.746. The van der Waals surface area contributed by atoms with E-state index < -0.39 is 10.0 Å². The molecule has 116 valence electrons. The van der Waals surface area contributed by atoms with Crippen LogP contribution in [0.15, 0.2) is 53.7 Å². The lowest BCUT2D eigenvalue weighted by Crippen LogP contribution is -2.31. The van der Waals surface area contributed by atoms with Crippen molar-refractivity contribution in [2.45, 2.75) is 17.4 Å². The number of pyridine rings is 1. The number of ether oxygens (including phenoxy) is 1. The molecule has 2 heterocycles. The Labute approximate surface area is 134 Å². The monoisotopic (exact) mass is 338 g/mol. The minimum absolute atomic E-state index is 0.111. The molecule has 1 atom stereocenters. The van der Waals surface area contributed by atoms with Crippen molar-refractivity contribution in [3.05, 3.63) is 53.8 Å². The normalized spacial score (nSPS) is 19.2. The Bertz CT molecular complexity index is 752. The van der Waals surface area contributed by atoms with Gasteiger partial charge in [-0.3, -0.25) is 4.98 Å². The van der Waals surface area contributed by atoms with Gasteiger partial charge in [0.05, 0.1) is 11.6 Å². The van der Waals surface area contributed by atoms with Gasteiger partial charge in [-0.1, -0.05) is 29.8 Å². The Balaban J connectivity index is 1.72. The van der Waals surface area contributed by atoms with Crippen LogP contribution in [0.3, 0.4) is 0 Å². The Hall–Kier alpha value is -1.63. The zero-order chi connectivity index (χ0) is 15.6. The highest BCUT2D eigenvalue weighted by molar-refractivity contribution is 7.89. The quantitative estimate of drug-likeness (QED) is 0.859. The highest BCUT2D eigenvalue weighted by atomic mass is 35.5. The highest BCUT2D eigenvalue weighted by Gasteiger charge is 2.33. The van der Waals surface area contributed by atoms with E-state index in [1.54, 1.807) is 0 Å². The fourth-order valence-corrected chi connectivity index (χ4v) is 4.10. The molecule has 1 aromatic carbocycles. The number of aromatic nitrogens is 1. The average Bonchev–Trinajstić information content (AvgIpc) is 2.97. The van der Waals surface area contributed by atoms with Gasteiger partial charge in [-0.25, -0.2) is 8.42 Å². The minimum atomic E-state index is -3.58. The van der Waals surface area contributed by atoms with Gasteiger partial charge in [0.15, 0.2) is 0 Å². The van der Waals surface area contributed by atoms with Gasteiger partial charge in [-0.2, -0.15) is 4.31 Å². The van der Waals surface area contributed by atoms with Crippen LogP contribution in [0.25, 0.3) is 0 Å². The van der Waals surface area contributed by atoms with Crippen molar-refractivity contribution in [1.82, 2.24) is 9.29 Å². The third kappa shape index (κ3) is 3.24. The fourth-order valence-electron chi connectivity index (χ4n) is 2.39. The number of halogens is 1. The summed E-state index contributed by atoms with van der Waals surface area (Å²) < 4.78 is 32.3. The van der Waals surface area contributed by atoms with E-state index in [1.165, 1.54) is 22.8 Å². The van der Waals surface area contributed by atoms with E-state index in [4.69, 9.17) is 16.3 Å². The lowest BCUT2D eigenvalue weighted by molar-refractivity contribution is 0.215. The van der Waals surface area contributed by atoms with E-state index in [2.05, 4.69) is 4.98 Å². The molecule has 1 aliphatic heterocycles. The Morgan fingerprint density at radius 2 is 2.00 bits per heavy atom.